The van der Waals surface area contributed by atoms with Crippen LogP contribution in [0.5, 0.6) is 0 Å². The molecule has 0 amide bonds. The van der Waals surface area contributed by atoms with E-state index < -0.39 is 5.97 Å². The fourth-order valence-corrected chi connectivity index (χ4v) is 3.51. The van der Waals surface area contributed by atoms with E-state index in [0.717, 1.165) is 22.2 Å². The first-order chi connectivity index (χ1) is 7.16. The van der Waals surface area contributed by atoms with Crippen molar-refractivity contribution in [1.29, 1.82) is 0 Å². The number of hydrogen-bond acceptors (Lipinski definition) is 5. The van der Waals surface area contributed by atoms with Crippen molar-refractivity contribution in [2.45, 2.75) is 19.4 Å². The van der Waals surface area contributed by atoms with Gasteiger partial charge in [0.25, 0.3) is 0 Å². The third-order valence-electron chi connectivity index (χ3n) is 2.26. The van der Waals surface area contributed by atoms with Gasteiger partial charge in [0.05, 0.1) is 0 Å². The van der Waals surface area contributed by atoms with Crippen molar-refractivity contribution in [3.8, 4) is 0 Å². The minimum absolute atomic E-state index is 0.174. The van der Waals surface area contributed by atoms with Gasteiger partial charge in [-0.3, -0.25) is 0 Å². The van der Waals surface area contributed by atoms with Crippen molar-refractivity contribution in [1.82, 2.24) is 4.98 Å². The summed E-state index contributed by atoms with van der Waals surface area (Å²) in [5.41, 5.74) is 0.174. The number of carbonyl (C=O) groups is 1. The normalized spacial score (nSPS) is 20.5. The molecule has 0 aliphatic carbocycles. The monoisotopic (exact) mass is 244 g/mol. The van der Waals surface area contributed by atoms with Crippen molar-refractivity contribution in [3.63, 3.8) is 0 Å². The summed E-state index contributed by atoms with van der Waals surface area (Å²) < 4.78 is 0. The lowest BCUT2D eigenvalue weighted by atomic mass is 10.3. The van der Waals surface area contributed by atoms with Gasteiger partial charge >= 0.3 is 5.97 Å². The van der Waals surface area contributed by atoms with Crippen LogP contribution in [-0.2, 0) is 0 Å². The van der Waals surface area contributed by atoms with E-state index in [1.54, 1.807) is 6.92 Å². The Bertz CT molecular complexity index is 372. The molecule has 1 aliphatic heterocycles. The van der Waals surface area contributed by atoms with Gasteiger partial charge in [0.2, 0.25) is 0 Å². The number of nitrogens with zero attached hydrogens (tertiary/aromatic N) is 1. The highest BCUT2D eigenvalue weighted by Gasteiger charge is 2.19. The van der Waals surface area contributed by atoms with Crippen LogP contribution in [0.15, 0.2) is 0 Å². The molecular weight excluding hydrogens is 232 g/mol. The van der Waals surface area contributed by atoms with Crippen LogP contribution in [0, 0.1) is 6.92 Å². The minimum Gasteiger partial charge on any atom is -0.476 e. The van der Waals surface area contributed by atoms with Crippen molar-refractivity contribution in [3.05, 3.63) is 10.6 Å². The molecule has 1 saturated heterocycles. The molecule has 82 valence electrons. The Morgan fingerprint density at radius 3 is 3.00 bits per heavy atom. The molecule has 0 bridgehead atoms. The summed E-state index contributed by atoms with van der Waals surface area (Å²) in [6.07, 6.45) is 1.13. The van der Waals surface area contributed by atoms with E-state index in [-0.39, 0.29) is 5.69 Å². The van der Waals surface area contributed by atoms with E-state index >= 15 is 0 Å². The van der Waals surface area contributed by atoms with Gasteiger partial charge in [-0.2, -0.15) is 11.8 Å². The first-order valence-corrected chi connectivity index (χ1v) is 6.69. The fraction of sp³-hybridized carbons (Fsp3) is 0.556. The number of aromatic nitrogens is 1. The van der Waals surface area contributed by atoms with E-state index in [9.17, 15) is 4.79 Å². The van der Waals surface area contributed by atoms with Crippen molar-refractivity contribution >= 4 is 34.2 Å². The lowest BCUT2D eigenvalue weighted by Gasteiger charge is -2.08. The van der Waals surface area contributed by atoms with Crippen LogP contribution in [0.25, 0.3) is 0 Å². The topological polar surface area (TPSA) is 62.2 Å². The largest absolute Gasteiger partial charge is 0.476 e. The number of carboxylic acid groups (broad SMARTS) is 1. The number of thioether (sulfide) groups is 1. The van der Waals surface area contributed by atoms with Crippen LogP contribution in [0.1, 0.15) is 21.8 Å². The van der Waals surface area contributed by atoms with Crippen molar-refractivity contribution < 1.29 is 9.90 Å². The van der Waals surface area contributed by atoms with Gasteiger partial charge in [0.15, 0.2) is 10.8 Å². The van der Waals surface area contributed by atoms with Crippen molar-refractivity contribution in [2.24, 2.45) is 0 Å². The number of thiazole rings is 1. The van der Waals surface area contributed by atoms with Crippen LogP contribution in [0.3, 0.4) is 0 Å². The van der Waals surface area contributed by atoms with E-state index in [1.807, 2.05) is 11.8 Å². The number of rotatable bonds is 3. The summed E-state index contributed by atoms with van der Waals surface area (Å²) >= 11 is 3.33. The van der Waals surface area contributed by atoms with Gasteiger partial charge in [-0.15, -0.1) is 11.3 Å². The van der Waals surface area contributed by atoms with Gasteiger partial charge in [0.1, 0.15) is 0 Å². The predicted octanol–water partition coefficient (Wildman–Crippen LogP) is 2.07. The first-order valence-electron chi connectivity index (χ1n) is 4.72. The van der Waals surface area contributed by atoms with Crippen LogP contribution < -0.4 is 5.32 Å². The molecule has 0 radical (unpaired) electrons. The molecule has 6 heteroatoms. The molecule has 1 aromatic rings. The molecule has 2 heterocycles. The van der Waals surface area contributed by atoms with Crippen LogP contribution >= 0.6 is 23.1 Å². The molecule has 1 fully saturated rings. The van der Waals surface area contributed by atoms with Crippen LogP contribution in [0.2, 0.25) is 0 Å². The Morgan fingerprint density at radius 1 is 1.67 bits per heavy atom. The highest BCUT2D eigenvalue weighted by atomic mass is 32.2. The molecule has 15 heavy (non-hydrogen) atoms. The maximum Gasteiger partial charge on any atom is 0.355 e. The second kappa shape index (κ2) is 4.40. The third-order valence-corrected chi connectivity index (χ3v) is 4.32. The van der Waals surface area contributed by atoms with Gasteiger partial charge in [-0.05, 0) is 19.1 Å². The number of aryl methyl sites for hydroxylation is 1. The zero-order valence-corrected chi connectivity index (χ0v) is 9.95. The summed E-state index contributed by atoms with van der Waals surface area (Å²) in [6.45, 7) is 1.79. The zero-order valence-electron chi connectivity index (χ0n) is 8.32. The maximum absolute atomic E-state index is 10.8. The molecule has 0 spiro atoms. The molecule has 1 atom stereocenters. The molecule has 1 aliphatic rings. The Balaban J connectivity index is 2.08. The number of nitrogens with one attached hydrogen (secondary N) is 1. The molecule has 1 unspecified atom stereocenters. The molecule has 2 rings (SSSR count). The third kappa shape index (κ3) is 2.43. The highest BCUT2D eigenvalue weighted by molar-refractivity contribution is 7.99. The molecule has 2 N–H and O–H groups in total. The Morgan fingerprint density at radius 2 is 2.47 bits per heavy atom. The number of aromatic carboxylic acids is 1. The SMILES string of the molecule is Cc1sc(NC2CCSC2)nc1C(=O)O. The van der Waals surface area contributed by atoms with Gasteiger partial charge < -0.3 is 10.4 Å². The maximum atomic E-state index is 10.8. The predicted molar refractivity (Wildman–Crippen MR) is 63.2 cm³/mol. The van der Waals surface area contributed by atoms with E-state index in [0.29, 0.717) is 6.04 Å². The molecule has 0 saturated carbocycles. The van der Waals surface area contributed by atoms with Crippen molar-refractivity contribution in [2.75, 3.05) is 16.8 Å². The second-order valence-corrected chi connectivity index (χ2v) is 5.79. The summed E-state index contributed by atoms with van der Waals surface area (Å²) in [5.74, 6) is 1.31. The lowest BCUT2D eigenvalue weighted by Crippen LogP contribution is -2.17. The van der Waals surface area contributed by atoms with Gasteiger partial charge in [0, 0.05) is 16.7 Å². The minimum atomic E-state index is -0.947. The Kier molecular flexibility index (Phi) is 3.16. The van der Waals surface area contributed by atoms with Crippen LogP contribution in [0.4, 0.5) is 5.13 Å². The average Bonchev–Trinajstić information content (AvgIpc) is 2.75. The first kappa shape index (κ1) is 10.8. The summed E-state index contributed by atoms with van der Waals surface area (Å²) in [5, 5.41) is 12.9. The zero-order chi connectivity index (χ0) is 10.8. The molecule has 0 aromatic carbocycles. The van der Waals surface area contributed by atoms with E-state index in [4.69, 9.17) is 5.11 Å². The van der Waals surface area contributed by atoms with E-state index in [1.165, 1.54) is 17.1 Å². The fourth-order valence-electron chi connectivity index (χ4n) is 1.48. The summed E-state index contributed by atoms with van der Waals surface area (Å²) in [7, 11) is 0. The Hall–Kier alpha value is -0.750. The smallest absolute Gasteiger partial charge is 0.355 e. The Labute approximate surface area is 96.1 Å². The lowest BCUT2D eigenvalue weighted by molar-refractivity contribution is 0.0690. The standard InChI is InChI=1S/C9H12N2O2S2/c1-5-7(8(12)13)11-9(15-5)10-6-2-3-14-4-6/h6H,2-4H2,1H3,(H,10,11)(H,12,13). The van der Waals surface area contributed by atoms with Gasteiger partial charge in [-0.1, -0.05) is 0 Å². The average molecular weight is 244 g/mol. The van der Waals surface area contributed by atoms with Crippen LogP contribution in [-0.4, -0.2) is 33.6 Å². The number of anilines is 1. The summed E-state index contributed by atoms with van der Waals surface area (Å²) in [4.78, 5) is 15.6. The second-order valence-electron chi connectivity index (χ2n) is 3.43. The molecule has 1 aromatic heterocycles. The van der Waals surface area contributed by atoms with E-state index in [2.05, 4.69) is 10.3 Å². The quantitative estimate of drug-likeness (QED) is 0.852. The number of hydrogen-bond donors (Lipinski definition) is 2. The summed E-state index contributed by atoms with van der Waals surface area (Å²) in [6, 6.07) is 0.446. The highest BCUT2D eigenvalue weighted by Crippen LogP contribution is 2.26. The van der Waals surface area contributed by atoms with Gasteiger partial charge in [-0.25, -0.2) is 9.78 Å². The number of carboxylic acids is 1. The molecule has 4 nitrogen and oxygen atoms in total. The molecular formula is C9H12N2O2S2.